The number of carbonyl (C=O) groups is 3. The second-order valence-electron chi connectivity index (χ2n) is 7.08. The van der Waals surface area contributed by atoms with Crippen molar-refractivity contribution in [1.29, 1.82) is 0 Å². The highest BCUT2D eigenvalue weighted by molar-refractivity contribution is 6.22. The number of carbonyl (C=O) groups excluding carboxylic acids is 3. The Morgan fingerprint density at radius 3 is 2.04 bits per heavy atom. The number of urea groups is 1. The van der Waals surface area contributed by atoms with E-state index >= 15 is 0 Å². The summed E-state index contributed by atoms with van der Waals surface area (Å²) >= 11 is 0. The first-order chi connectivity index (χ1) is 12.2. The lowest BCUT2D eigenvalue weighted by molar-refractivity contribution is 0.0507. The van der Waals surface area contributed by atoms with Gasteiger partial charge >= 0.3 is 6.03 Å². The molecular formula is C19H20N4O3. The van der Waals surface area contributed by atoms with Crippen molar-refractivity contribution in [2.45, 2.75) is 26.3 Å². The van der Waals surface area contributed by atoms with Crippen molar-refractivity contribution in [3.63, 3.8) is 0 Å². The van der Waals surface area contributed by atoms with Gasteiger partial charge in [-0.25, -0.2) is 4.79 Å². The highest BCUT2D eigenvalue weighted by Crippen LogP contribution is 2.31. The number of nitrogens with one attached hydrogen (secondary N) is 2. The van der Waals surface area contributed by atoms with Crippen molar-refractivity contribution in [2.75, 3.05) is 16.4 Å². The molecule has 3 rings (SSSR count). The fourth-order valence-electron chi connectivity index (χ4n) is 2.79. The van der Waals surface area contributed by atoms with Gasteiger partial charge in [-0.15, -0.1) is 0 Å². The predicted octanol–water partition coefficient (Wildman–Crippen LogP) is 3.31. The van der Waals surface area contributed by atoms with E-state index in [2.05, 4.69) is 10.6 Å². The number of benzene rings is 2. The standard InChI is InChI=1S/C19H20N4O3/c1-19(2,3)23-16(24)14-9-8-13(10-15(14)17(23)25)22-18(26)21-12-6-4-11(20)5-7-12/h4-10H,20H2,1-3H3,(H2,21,22,26). The highest BCUT2D eigenvalue weighted by Gasteiger charge is 2.41. The molecule has 0 atom stereocenters. The molecule has 7 heteroatoms. The van der Waals surface area contributed by atoms with Gasteiger partial charge in [0.15, 0.2) is 0 Å². The molecule has 2 aromatic carbocycles. The van der Waals surface area contributed by atoms with Gasteiger partial charge in [0, 0.05) is 22.6 Å². The molecule has 1 aliphatic rings. The zero-order valence-electron chi connectivity index (χ0n) is 14.8. The number of hydrogen-bond acceptors (Lipinski definition) is 4. The molecule has 0 fully saturated rings. The number of amides is 4. The Morgan fingerprint density at radius 2 is 1.42 bits per heavy atom. The summed E-state index contributed by atoms with van der Waals surface area (Å²) < 4.78 is 0. The number of nitrogens with zero attached hydrogens (tertiary/aromatic N) is 1. The molecule has 0 spiro atoms. The number of imide groups is 1. The summed E-state index contributed by atoms with van der Waals surface area (Å²) in [6.45, 7) is 5.40. The second kappa shape index (κ2) is 6.18. The molecule has 4 N–H and O–H groups in total. The van der Waals surface area contributed by atoms with E-state index < -0.39 is 11.6 Å². The quantitative estimate of drug-likeness (QED) is 0.569. The van der Waals surface area contributed by atoms with Crippen molar-refractivity contribution in [1.82, 2.24) is 4.90 Å². The normalized spacial score (nSPS) is 13.6. The first-order valence-electron chi connectivity index (χ1n) is 8.13. The minimum Gasteiger partial charge on any atom is -0.399 e. The van der Waals surface area contributed by atoms with Crippen molar-refractivity contribution < 1.29 is 14.4 Å². The predicted molar refractivity (Wildman–Crippen MR) is 100 cm³/mol. The summed E-state index contributed by atoms with van der Waals surface area (Å²) in [5, 5.41) is 5.33. The van der Waals surface area contributed by atoms with Gasteiger partial charge in [0.2, 0.25) is 0 Å². The molecule has 26 heavy (non-hydrogen) atoms. The Balaban J connectivity index is 1.77. The van der Waals surface area contributed by atoms with Crippen molar-refractivity contribution in [3.05, 3.63) is 53.6 Å². The zero-order chi connectivity index (χ0) is 19.1. The van der Waals surface area contributed by atoms with Crippen LogP contribution in [0.4, 0.5) is 21.9 Å². The Hall–Kier alpha value is -3.35. The van der Waals surface area contributed by atoms with Gasteiger partial charge in [0.05, 0.1) is 11.1 Å². The van der Waals surface area contributed by atoms with Gasteiger partial charge in [-0.1, -0.05) is 0 Å². The van der Waals surface area contributed by atoms with Crippen LogP contribution in [0.1, 0.15) is 41.5 Å². The fraction of sp³-hybridized carbons (Fsp3) is 0.211. The van der Waals surface area contributed by atoms with E-state index in [1.807, 2.05) is 0 Å². The maximum Gasteiger partial charge on any atom is 0.323 e. The van der Waals surface area contributed by atoms with Gasteiger partial charge < -0.3 is 16.4 Å². The third kappa shape index (κ3) is 3.23. The summed E-state index contributed by atoms with van der Waals surface area (Å²) in [4.78, 5) is 38.4. The molecule has 4 amide bonds. The van der Waals surface area contributed by atoms with Crippen LogP contribution in [0.3, 0.4) is 0 Å². The summed E-state index contributed by atoms with van der Waals surface area (Å²) in [5.74, 6) is -0.685. The monoisotopic (exact) mass is 352 g/mol. The van der Waals surface area contributed by atoms with Crippen molar-refractivity contribution in [3.8, 4) is 0 Å². The molecule has 0 bridgehead atoms. The van der Waals surface area contributed by atoms with Crippen LogP contribution in [0, 0.1) is 0 Å². The van der Waals surface area contributed by atoms with E-state index in [0.717, 1.165) is 0 Å². The Bertz CT molecular complexity index is 898. The smallest absolute Gasteiger partial charge is 0.323 e. The molecule has 1 aliphatic heterocycles. The van der Waals surface area contributed by atoms with Crippen LogP contribution in [0.15, 0.2) is 42.5 Å². The largest absolute Gasteiger partial charge is 0.399 e. The van der Waals surface area contributed by atoms with Crippen LogP contribution < -0.4 is 16.4 Å². The highest BCUT2D eigenvalue weighted by atomic mass is 16.2. The lowest BCUT2D eigenvalue weighted by atomic mass is 10.1. The van der Waals surface area contributed by atoms with E-state index in [9.17, 15) is 14.4 Å². The van der Waals surface area contributed by atoms with Crippen LogP contribution >= 0.6 is 0 Å². The summed E-state index contributed by atoms with van der Waals surface area (Å²) in [6.07, 6.45) is 0. The Morgan fingerprint density at radius 1 is 0.885 bits per heavy atom. The van der Waals surface area contributed by atoms with E-state index in [4.69, 9.17) is 5.73 Å². The van der Waals surface area contributed by atoms with Crippen molar-refractivity contribution in [2.24, 2.45) is 0 Å². The van der Waals surface area contributed by atoms with E-state index in [-0.39, 0.29) is 17.4 Å². The topological polar surface area (TPSA) is 105 Å². The van der Waals surface area contributed by atoms with E-state index in [0.29, 0.717) is 22.6 Å². The molecule has 0 unspecified atom stereocenters. The number of rotatable bonds is 2. The summed E-state index contributed by atoms with van der Waals surface area (Å²) in [7, 11) is 0. The zero-order valence-corrected chi connectivity index (χ0v) is 14.8. The minimum atomic E-state index is -0.618. The maximum absolute atomic E-state index is 12.6. The van der Waals surface area contributed by atoms with Crippen LogP contribution in [0.2, 0.25) is 0 Å². The summed E-state index contributed by atoms with van der Waals surface area (Å²) in [5.41, 5.74) is 7.23. The van der Waals surface area contributed by atoms with E-state index in [1.54, 1.807) is 57.2 Å². The van der Waals surface area contributed by atoms with Gasteiger partial charge in [-0.05, 0) is 63.2 Å². The fourth-order valence-corrected chi connectivity index (χ4v) is 2.79. The molecule has 2 aromatic rings. The maximum atomic E-state index is 12.6. The molecule has 0 saturated carbocycles. The number of nitrogen functional groups attached to an aromatic ring is 1. The van der Waals surface area contributed by atoms with E-state index in [1.165, 1.54) is 11.0 Å². The molecular weight excluding hydrogens is 332 g/mol. The van der Waals surface area contributed by atoms with Gasteiger partial charge in [0.25, 0.3) is 11.8 Å². The first-order valence-corrected chi connectivity index (χ1v) is 8.13. The van der Waals surface area contributed by atoms with Crippen molar-refractivity contribution >= 4 is 34.9 Å². The minimum absolute atomic E-state index is 0.287. The molecule has 0 saturated heterocycles. The number of hydrogen-bond donors (Lipinski definition) is 3. The molecule has 134 valence electrons. The number of nitrogens with two attached hydrogens (primary N) is 1. The summed E-state index contributed by atoms with van der Waals surface area (Å²) in [6, 6.07) is 10.9. The Kier molecular flexibility index (Phi) is 4.15. The number of fused-ring (bicyclic) bond motifs is 1. The van der Waals surface area contributed by atoms with Gasteiger partial charge in [-0.2, -0.15) is 0 Å². The van der Waals surface area contributed by atoms with Crippen LogP contribution in [-0.2, 0) is 0 Å². The number of anilines is 3. The molecule has 0 radical (unpaired) electrons. The van der Waals surface area contributed by atoms with Crippen LogP contribution in [0.5, 0.6) is 0 Å². The molecule has 0 aliphatic carbocycles. The van der Waals surface area contributed by atoms with Gasteiger partial charge in [0.1, 0.15) is 0 Å². The third-order valence-electron chi connectivity index (χ3n) is 3.98. The molecule has 1 heterocycles. The van der Waals surface area contributed by atoms with Gasteiger partial charge in [-0.3, -0.25) is 14.5 Å². The molecule has 0 aromatic heterocycles. The Labute approximate surface area is 151 Å². The lowest BCUT2D eigenvalue weighted by Crippen LogP contribution is -2.45. The average Bonchev–Trinajstić information content (AvgIpc) is 2.80. The first kappa shape index (κ1) is 17.5. The molecule has 7 nitrogen and oxygen atoms in total. The third-order valence-corrected chi connectivity index (χ3v) is 3.98. The van der Waals surface area contributed by atoms with Crippen LogP contribution in [0.25, 0.3) is 0 Å². The SMILES string of the molecule is CC(C)(C)N1C(=O)c2ccc(NC(=O)Nc3ccc(N)cc3)cc2C1=O. The second-order valence-corrected chi connectivity index (χ2v) is 7.08. The van der Waals surface area contributed by atoms with Crippen LogP contribution in [-0.4, -0.2) is 28.3 Å². The lowest BCUT2D eigenvalue weighted by Gasteiger charge is -2.29. The average molecular weight is 352 g/mol.